The second-order valence-electron chi connectivity index (χ2n) is 7.46. The molecular weight excluding hydrogens is 375 g/mol. The van der Waals surface area contributed by atoms with Crippen LogP contribution >= 0.6 is 11.3 Å². The fourth-order valence-corrected chi connectivity index (χ4v) is 4.57. The number of hydrogen-bond acceptors (Lipinski definition) is 6. The van der Waals surface area contributed by atoms with E-state index in [9.17, 15) is 4.39 Å². The Bertz CT molecular complexity index is 869. The highest BCUT2D eigenvalue weighted by molar-refractivity contribution is 7.09. The fraction of sp³-hybridized carbons (Fsp3) is 0.450. The molecule has 4 rings (SSSR count). The van der Waals surface area contributed by atoms with Gasteiger partial charge in [0.15, 0.2) is 5.82 Å². The minimum absolute atomic E-state index is 0.172. The van der Waals surface area contributed by atoms with Crippen LogP contribution in [0.25, 0.3) is 0 Å². The molecule has 3 aromatic rings. The topological polar surface area (TPSA) is 50.1 Å². The third-order valence-corrected chi connectivity index (χ3v) is 6.10. The van der Waals surface area contributed by atoms with Crippen LogP contribution in [0.5, 0.6) is 0 Å². The number of anilines is 1. The Balaban J connectivity index is 1.48. The molecule has 1 unspecified atom stereocenters. The third kappa shape index (κ3) is 4.07. The maximum Gasteiger partial charge on any atom is 0.169 e. The molecule has 0 amide bonds. The largest absolute Gasteiger partial charge is 0.369 e. The first-order valence-electron chi connectivity index (χ1n) is 9.65. The Morgan fingerprint density at radius 1 is 1.07 bits per heavy atom. The molecule has 0 aliphatic carbocycles. The molecule has 8 heteroatoms. The van der Waals surface area contributed by atoms with E-state index in [1.54, 1.807) is 11.3 Å². The molecular formula is C20H25FN6S. The molecule has 0 spiro atoms. The Hall–Kier alpha value is -2.32. The predicted molar refractivity (Wildman–Crippen MR) is 109 cm³/mol. The van der Waals surface area contributed by atoms with E-state index < -0.39 is 0 Å². The van der Waals surface area contributed by atoms with Gasteiger partial charge in [0.1, 0.15) is 5.82 Å². The molecule has 28 heavy (non-hydrogen) atoms. The standard InChI is InChI=1S/C20H25FN6S/c1-15(2)19(20-22-23-24-27(20)14-18-4-3-13-28-18)26-11-9-25(10-12-26)17-7-5-16(21)6-8-17/h3-8,13,15,19H,9-12,14H2,1-2H3. The van der Waals surface area contributed by atoms with Crippen LogP contribution in [0.2, 0.25) is 0 Å². The number of rotatable bonds is 6. The molecule has 0 N–H and O–H groups in total. The van der Waals surface area contributed by atoms with Gasteiger partial charge in [-0.2, -0.15) is 0 Å². The van der Waals surface area contributed by atoms with Gasteiger partial charge < -0.3 is 4.90 Å². The first-order chi connectivity index (χ1) is 13.6. The summed E-state index contributed by atoms with van der Waals surface area (Å²) in [7, 11) is 0. The highest BCUT2D eigenvalue weighted by Gasteiger charge is 2.31. The van der Waals surface area contributed by atoms with Crippen molar-refractivity contribution < 1.29 is 4.39 Å². The average Bonchev–Trinajstić information content (AvgIpc) is 3.36. The number of piperazine rings is 1. The number of aromatic nitrogens is 4. The van der Waals surface area contributed by atoms with E-state index in [0.717, 1.165) is 37.7 Å². The molecule has 0 radical (unpaired) electrons. The quantitative estimate of drug-likeness (QED) is 0.634. The molecule has 2 aromatic heterocycles. The van der Waals surface area contributed by atoms with Crippen molar-refractivity contribution in [2.75, 3.05) is 31.1 Å². The van der Waals surface area contributed by atoms with Gasteiger partial charge in [0.25, 0.3) is 0 Å². The lowest BCUT2D eigenvalue weighted by molar-refractivity contribution is 0.135. The lowest BCUT2D eigenvalue weighted by Gasteiger charge is -2.41. The highest BCUT2D eigenvalue weighted by atomic mass is 32.1. The van der Waals surface area contributed by atoms with E-state index in [4.69, 9.17) is 0 Å². The van der Waals surface area contributed by atoms with Crippen molar-refractivity contribution in [2.24, 2.45) is 5.92 Å². The monoisotopic (exact) mass is 400 g/mol. The van der Waals surface area contributed by atoms with Crippen LogP contribution in [0, 0.1) is 11.7 Å². The Labute approximate surface area is 168 Å². The van der Waals surface area contributed by atoms with E-state index in [-0.39, 0.29) is 11.9 Å². The molecule has 1 atom stereocenters. The number of thiophene rings is 1. The zero-order valence-corrected chi connectivity index (χ0v) is 17.0. The van der Waals surface area contributed by atoms with Crippen molar-refractivity contribution >= 4 is 17.0 Å². The average molecular weight is 401 g/mol. The number of benzene rings is 1. The second-order valence-corrected chi connectivity index (χ2v) is 8.49. The smallest absolute Gasteiger partial charge is 0.169 e. The molecule has 3 heterocycles. The molecule has 1 aliphatic rings. The summed E-state index contributed by atoms with van der Waals surface area (Å²) < 4.78 is 15.1. The van der Waals surface area contributed by atoms with E-state index >= 15 is 0 Å². The van der Waals surface area contributed by atoms with Gasteiger partial charge in [-0.25, -0.2) is 9.07 Å². The van der Waals surface area contributed by atoms with Crippen LogP contribution in [-0.4, -0.2) is 51.3 Å². The van der Waals surface area contributed by atoms with Gasteiger partial charge in [0, 0.05) is 36.7 Å². The summed E-state index contributed by atoms with van der Waals surface area (Å²) in [6.45, 7) is 8.81. The molecule has 0 saturated carbocycles. The summed E-state index contributed by atoms with van der Waals surface area (Å²) in [5.74, 6) is 1.13. The van der Waals surface area contributed by atoms with Crippen molar-refractivity contribution in [1.29, 1.82) is 0 Å². The maximum atomic E-state index is 13.2. The van der Waals surface area contributed by atoms with Crippen LogP contribution in [0.3, 0.4) is 0 Å². The van der Waals surface area contributed by atoms with Gasteiger partial charge in [-0.3, -0.25) is 4.90 Å². The second kappa shape index (κ2) is 8.36. The van der Waals surface area contributed by atoms with Gasteiger partial charge in [0.2, 0.25) is 0 Å². The van der Waals surface area contributed by atoms with E-state index in [2.05, 4.69) is 56.7 Å². The molecule has 1 fully saturated rings. The SMILES string of the molecule is CC(C)C(c1nnnn1Cc1cccs1)N1CCN(c2ccc(F)cc2)CC1. The fourth-order valence-electron chi connectivity index (χ4n) is 3.88. The summed E-state index contributed by atoms with van der Waals surface area (Å²) in [6.07, 6.45) is 0. The number of halogens is 1. The van der Waals surface area contributed by atoms with Gasteiger partial charge in [-0.1, -0.05) is 19.9 Å². The Morgan fingerprint density at radius 3 is 2.46 bits per heavy atom. The van der Waals surface area contributed by atoms with Crippen LogP contribution in [0.4, 0.5) is 10.1 Å². The predicted octanol–water partition coefficient (Wildman–Crippen LogP) is 3.44. The molecule has 148 valence electrons. The summed E-state index contributed by atoms with van der Waals surface area (Å²) in [5.41, 5.74) is 1.07. The zero-order chi connectivity index (χ0) is 19.5. The number of nitrogens with zero attached hydrogens (tertiary/aromatic N) is 6. The van der Waals surface area contributed by atoms with Crippen molar-refractivity contribution in [3.8, 4) is 0 Å². The van der Waals surface area contributed by atoms with Gasteiger partial charge in [-0.05, 0) is 52.1 Å². The Kier molecular flexibility index (Phi) is 5.68. The van der Waals surface area contributed by atoms with Crippen molar-refractivity contribution in [3.63, 3.8) is 0 Å². The first-order valence-corrected chi connectivity index (χ1v) is 10.5. The van der Waals surface area contributed by atoms with Crippen molar-refractivity contribution in [3.05, 3.63) is 58.3 Å². The first kappa shape index (κ1) is 19.0. The van der Waals surface area contributed by atoms with Crippen molar-refractivity contribution in [2.45, 2.75) is 26.4 Å². The minimum atomic E-state index is -0.195. The molecule has 1 aromatic carbocycles. The lowest BCUT2D eigenvalue weighted by Crippen LogP contribution is -2.49. The van der Waals surface area contributed by atoms with Gasteiger partial charge >= 0.3 is 0 Å². The minimum Gasteiger partial charge on any atom is -0.369 e. The molecule has 6 nitrogen and oxygen atoms in total. The highest BCUT2D eigenvalue weighted by Crippen LogP contribution is 2.29. The summed E-state index contributed by atoms with van der Waals surface area (Å²) in [6, 6.07) is 11.1. The van der Waals surface area contributed by atoms with E-state index in [0.29, 0.717) is 12.5 Å². The maximum absolute atomic E-state index is 13.2. The van der Waals surface area contributed by atoms with Gasteiger partial charge in [0.05, 0.1) is 12.6 Å². The van der Waals surface area contributed by atoms with E-state index in [1.807, 2.05) is 16.8 Å². The summed E-state index contributed by atoms with van der Waals surface area (Å²) in [4.78, 5) is 6.03. The van der Waals surface area contributed by atoms with Crippen LogP contribution in [-0.2, 0) is 6.54 Å². The third-order valence-electron chi connectivity index (χ3n) is 5.24. The normalized spacial score (nSPS) is 16.6. The summed E-state index contributed by atoms with van der Waals surface area (Å²) in [5, 5.41) is 14.7. The Morgan fingerprint density at radius 2 is 1.82 bits per heavy atom. The molecule has 1 aliphatic heterocycles. The zero-order valence-electron chi connectivity index (χ0n) is 16.2. The van der Waals surface area contributed by atoms with Crippen LogP contribution < -0.4 is 4.90 Å². The van der Waals surface area contributed by atoms with Crippen LogP contribution in [0.15, 0.2) is 41.8 Å². The summed E-state index contributed by atoms with van der Waals surface area (Å²) >= 11 is 1.72. The molecule has 1 saturated heterocycles. The number of hydrogen-bond donors (Lipinski definition) is 0. The van der Waals surface area contributed by atoms with E-state index in [1.165, 1.54) is 17.0 Å². The lowest BCUT2D eigenvalue weighted by atomic mass is 10.0. The van der Waals surface area contributed by atoms with Gasteiger partial charge in [-0.15, -0.1) is 16.4 Å². The number of tetrazole rings is 1. The van der Waals surface area contributed by atoms with Crippen molar-refractivity contribution in [1.82, 2.24) is 25.1 Å². The molecule has 0 bridgehead atoms. The van der Waals surface area contributed by atoms with Crippen LogP contribution in [0.1, 0.15) is 30.6 Å².